The zero-order chi connectivity index (χ0) is 21.0. The van der Waals surface area contributed by atoms with Crippen molar-refractivity contribution in [1.29, 1.82) is 0 Å². The van der Waals surface area contributed by atoms with Gasteiger partial charge in [-0.15, -0.1) is 0 Å². The average molecular weight is 415 g/mol. The number of hydrogen-bond acceptors (Lipinski definition) is 6. The maximum absolute atomic E-state index is 12.6. The predicted molar refractivity (Wildman–Crippen MR) is 110 cm³/mol. The Morgan fingerprint density at radius 1 is 1.10 bits per heavy atom. The van der Waals surface area contributed by atoms with E-state index in [9.17, 15) is 18.0 Å². The van der Waals surface area contributed by atoms with Crippen molar-refractivity contribution in [3.05, 3.63) is 65.0 Å². The number of benzene rings is 2. The van der Waals surface area contributed by atoms with Gasteiger partial charge in [0.25, 0.3) is 11.5 Å². The van der Waals surface area contributed by atoms with E-state index in [1.54, 1.807) is 49.4 Å². The fourth-order valence-electron chi connectivity index (χ4n) is 2.74. The minimum Gasteiger partial charge on any atom is -0.277 e. The van der Waals surface area contributed by atoms with Gasteiger partial charge in [0.2, 0.25) is 16.0 Å². The normalized spacial score (nSPS) is 12.5. The lowest BCUT2D eigenvalue weighted by Crippen LogP contribution is -2.47. The lowest BCUT2D eigenvalue weighted by atomic mass is 10.2. The summed E-state index contributed by atoms with van der Waals surface area (Å²) < 4.78 is 28.4. The second kappa shape index (κ2) is 8.41. The molecule has 0 bridgehead atoms. The number of amides is 1. The molecule has 1 heterocycles. The summed E-state index contributed by atoms with van der Waals surface area (Å²) in [6, 6.07) is 13.6. The van der Waals surface area contributed by atoms with Crippen LogP contribution in [0, 0.1) is 0 Å². The number of rotatable bonds is 7. The summed E-state index contributed by atoms with van der Waals surface area (Å²) in [6.07, 6.45) is 0. The molecule has 9 nitrogen and oxygen atoms in total. The van der Waals surface area contributed by atoms with E-state index in [4.69, 9.17) is 0 Å². The van der Waals surface area contributed by atoms with Gasteiger partial charge in [-0.05, 0) is 38.1 Å². The Bertz CT molecular complexity index is 1190. The van der Waals surface area contributed by atoms with E-state index in [2.05, 4.69) is 20.6 Å². The molecule has 1 atom stereocenters. The quantitative estimate of drug-likeness (QED) is 0.499. The number of hydrazine groups is 1. The minimum atomic E-state index is -3.85. The van der Waals surface area contributed by atoms with Gasteiger partial charge in [0.15, 0.2) is 0 Å². The molecule has 3 N–H and O–H groups in total. The van der Waals surface area contributed by atoms with E-state index in [0.717, 1.165) is 0 Å². The van der Waals surface area contributed by atoms with Gasteiger partial charge in [0.1, 0.15) is 0 Å². The van der Waals surface area contributed by atoms with Gasteiger partial charge in [0.05, 0.1) is 21.8 Å². The molecule has 0 radical (unpaired) electrons. The average Bonchev–Trinajstić information content (AvgIpc) is 2.72. The third kappa shape index (κ3) is 4.44. The molecule has 0 spiro atoms. The Morgan fingerprint density at radius 2 is 1.76 bits per heavy atom. The molecule has 152 valence electrons. The van der Waals surface area contributed by atoms with Crippen LogP contribution in [0.3, 0.4) is 0 Å². The molecule has 0 unspecified atom stereocenters. The van der Waals surface area contributed by atoms with Crippen molar-refractivity contribution in [2.24, 2.45) is 0 Å². The van der Waals surface area contributed by atoms with E-state index in [1.165, 1.54) is 23.6 Å². The first-order valence-electron chi connectivity index (χ1n) is 8.96. The van der Waals surface area contributed by atoms with E-state index in [-0.39, 0.29) is 16.4 Å². The molecule has 1 aromatic heterocycles. The van der Waals surface area contributed by atoms with Crippen molar-refractivity contribution in [2.45, 2.75) is 31.3 Å². The van der Waals surface area contributed by atoms with Crippen LogP contribution < -0.4 is 21.1 Å². The van der Waals surface area contributed by atoms with Gasteiger partial charge in [0, 0.05) is 6.54 Å². The van der Waals surface area contributed by atoms with Crippen LogP contribution in [0.1, 0.15) is 13.8 Å². The second-order valence-corrected chi connectivity index (χ2v) is 7.99. The Kier molecular flexibility index (Phi) is 5.95. The molecule has 29 heavy (non-hydrogen) atoms. The summed E-state index contributed by atoms with van der Waals surface area (Å²) in [5.74, 6) is -0.475. The van der Waals surface area contributed by atoms with Crippen LogP contribution in [0.4, 0.5) is 5.95 Å². The van der Waals surface area contributed by atoms with Crippen LogP contribution in [0.2, 0.25) is 0 Å². The first kappa shape index (κ1) is 20.5. The zero-order valence-electron chi connectivity index (χ0n) is 15.9. The third-order valence-corrected chi connectivity index (χ3v) is 5.81. The molecule has 0 aliphatic carbocycles. The van der Waals surface area contributed by atoms with Crippen molar-refractivity contribution in [3.63, 3.8) is 0 Å². The van der Waals surface area contributed by atoms with Crippen molar-refractivity contribution >= 4 is 32.8 Å². The molecule has 3 rings (SSSR count). The number of fused-ring (bicyclic) bond motifs is 1. The molecule has 0 saturated carbocycles. The lowest BCUT2D eigenvalue weighted by molar-refractivity contribution is -0.121. The highest BCUT2D eigenvalue weighted by atomic mass is 32.2. The maximum Gasteiger partial charge on any atom is 0.262 e. The third-order valence-electron chi connectivity index (χ3n) is 4.25. The van der Waals surface area contributed by atoms with Crippen LogP contribution in [0.25, 0.3) is 10.9 Å². The van der Waals surface area contributed by atoms with Crippen molar-refractivity contribution in [2.75, 3.05) is 5.43 Å². The number of carbonyl (C=O) groups excluding carboxylic acids is 1. The lowest BCUT2D eigenvalue weighted by Gasteiger charge is -2.17. The summed E-state index contributed by atoms with van der Waals surface area (Å²) in [7, 11) is -3.85. The Labute approximate surface area is 167 Å². The van der Waals surface area contributed by atoms with Crippen molar-refractivity contribution in [3.8, 4) is 0 Å². The summed E-state index contributed by atoms with van der Waals surface area (Å²) in [6.45, 7) is 3.53. The number of nitrogens with one attached hydrogen (secondary N) is 3. The van der Waals surface area contributed by atoms with Crippen LogP contribution in [-0.4, -0.2) is 29.9 Å². The van der Waals surface area contributed by atoms with Gasteiger partial charge >= 0.3 is 0 Å². The Hall–Kier alpha value is -3.24. The molecular weight excluding hydrogens is 394 g/mol. The summed E-state index contributed by atoms with van der Waals surface area (Å²) in [5.41, 5.74) is 5.26. The largest absolute Gasteiger partial charge is 0.277 e. The van der Waals surface area contributed by atoms with Crippen molar-refractivity contribution < 1.29 is 13.2 Å². The first-order chi connectivity index (χ1) is 13.8. The van der Waals surface area contributed by atoms with Crippen LogP contribution in [0.15, 0.2) is 64.3 Å². The molecule has 1 amide bonds. The van der Waals surface area contributed by atoms with Gasteiger partial charge in [-0.2, -0.15) is 4.72 Å². The monoisotopic (exact) mass is 415 g/mol. The molecule has 2 aromatic carbocycles. The van der Waals surface area contributed by atoms with E-state index < -0.39 is 22.0 Å². The standard InChI is InChI=1S/C19H21N5O4S/c1-3-24-18(26)15-11-7-8-12-16(15)20-19(24)22-21-17(25)13(2)23-29(27,28)14-9-5-4-6-10-14/h4-13,23H,3H2,1-2H3,(H,20,22)(H,21,25)/t13-/m0/s1. The van der Waals surface area contributed by atoms with Crippen molar-refractivity contribution in [1.82, 2.24) is 19.7 Å². The Morgan fingerprint density at radius 3 is 2.45 bits per heavy atom. The van der Waals surface area contributed by atoms with Gasteiger partial charge in [-0.25, -0.2) is 13.4 Å². The predicted octanol–water partition coefficient (Wildman–Crippen LogP) is 1.23. The molecule has 0 fully saturated rings. The summed E-state index contributed by atoms with van der Waals surface area (Å²) >= 11 is 0. The van der Waals surface area contributed by atoms with Gasteiger partial charge in [-0.3, -0.25) is 25.0 Å². The van der Waals surface area contributed by atoms with Crippen LogP contribution in [-0.2, 0) is 21.4 Å². The van der Waals surface area contributed by atoms with E-state index >= 15 is 0 Å². The molecule has 0 aliphatic heterocycles. The highest BCUT2D eigenvalue weighted by Gasteiger charge is 2.22. The number of nitrogens with zero attached hydrogens (tertiary/aromatic N) is 2. The number of carbonyl (C=O) groups is 1. The molecule has 0 aliphatic rings. The smallest absolute Gasteiger partial charge is 0.262 e. The van der Waals surface area contributed by atoms with Gasteiger partial charge in [-0.1, -0.05) is 30.3 Å². The maximum atomic E-state index is 12.6. The highest BCUT2D eigenvalue weighted by Crippen LogP contribution is 2.11. The molecule has 10 heteroatoms. The first-order valence-corrected chi connectivity index (χ1v) is 10.4. The number of anilines is 1. The minimum absolute atomic E-state index is 0.0589. The van der Waals surface area contributed by atoms with Crippen LogP contribution >= 0.6 is 0 Å². The fourth-order valence-corrected chi connectivity index (χ4v) is 3.96. The Balaban J connectivity index is 1.74. The number of aromatic nitrogens is 2. The molecule has 0 saturated heterocycles. The number of sulfonamides is 1. The molecular formula is C19H21N5O4S. The van der Waals surface area contributed by atoms with Crippen LogP contribution in [0.5, 0.6) is 0 Å². The van der Waals surface area contributed by atoms with E-state index in [1.807, 2.05) is 0 Å². The zero-order valence-corrected chi connectivity index (χ0v) is 16.7. The summed E-state index contributed by atoms with van der Waals surface area (Å²) in [5, 5.41) is 0.468. The number of para-hydroxylation sites is 1. The second-order valence-electron chi connectivity index (χ2n) is 6.27. The van der Waals surface area contributed by atoms with Gasteiger partial charge < -0.3 is 0 Å². The highest BCUT2D eigenvalue weighted by molar-refractivity contribution is 7.89. The van der Waals surface area contributed by atoms with E-state index in [0.29, 0.717) is 17.4 Å². The molecule has 3 aromatic rings. The topological polar surface area (TPSA) is 122 Å². The summed E-state index contributed by atoms with van der Waals surface area (Å²) in [4.78, 5) is 29.4. The fraction of sp³-hybridized carbons (Fsp3) is 0.211. The SMILES string of the molecule is CCn1c(NNC(=O)[C@H](C)NS(=O)(=O)c2ccccc2)nc2ccccc2c1=O. The number of hydrogen-bond donors (Lipinski definition) is 3.